The summed E-state index contributed by atoms with van der Waals surface area (Å²) in [5.74, 6) is -1.32. The predicted octanol–water partition coefficient (Wildman–Crippen LogP) is 2.68. The third-order valence-electron chi connectivity index (χ3n) is 2.65. The SMILES string of the molecule is CN(C)c1ccc(C(=O)Nc2ccc(F)cc2F)cn1. The van der Waals surface area contributed by atoms with Crippen molar-refractivity contribution in [3.8, 4) is 0 Å². The zero-order chi connectivity index (χ0) is 14.7. The molecule has 4 nitrogen and oxygen atoms in total. The molecule has 1 aromatic carbocycles. The molecule has 0 aliphatic carbocycles. The number of nitrogens with one attached hydrogen (secondary N) is 1. The molecule has 6 heteroatoms. The van der Waals surface area contributed by atoms with Crippen molar-refractivity contribution in [3.63, 3.8) is 0 Å². The Labute approximate surface area is 115 Å². The minimum absolute atomic E-state index is 0.0758. The number of pyridine rings is 1. The fraction of sp³-hybridized carbons (Fsp3) is 0.143. The molecule has 0 aliphatic heterocycles. The minimum Gasteiger partial charge on any atom is -0.363 e. The van der Waals surface area contributed by atoms with E-state index in [1.54, 1.807) is 17.0 Å². The number of hydrogen-bond donors (Lipinski definition) is 1. The van der Waals surface area contributed by atoms with Gasteiger partial charge in [0.1, 0.15) is 17.5 Å². The lowest BCUT2D eigenvalue weighted by molar-refractivity contribution is 0.102. The van der Waals surface area contributed by atoms with E-state index in [4.69, 9.17) is 0 Å². The molecule has 1 N–H and O–H groups in total. The summed E-state index contributed by atoms with van der Waals surface area (Å²) in [5, 5.41) is 2.37. The van der Waals surface area contributed by atoms with Gasteiger partial charge in [-0.2, -0.15) is 0 Å². The molecule has 0 saturated carbocycles. The molecule has 0 fully saturated rings. The average molecular weight is 277 g/mol. The molecule has 2 rings (SSSR count). The van der Waals surface area contributed by atoms with Crippen LogP contribution in [0.3, 0.4) is 0 Å². The number of carbonyl (C=O) groups excluding carboxylic acids is 1. The summed E-state index contributed by atoms with van der Waals surface area (Å²) < 4.78 is 26.2. The van der Waals surface area contributed by atoms with E-state index in [0.29, 0.717) is 17.4 Å². The second kappa shape index (κ2) is 5.64. The highest BCUT2D eigenvalue weighted by molar-refractivity contribution is 6.04. The average Bonchev–Trinajstić information content (AvgIpc) is 2.42. The van der Waals surface area contributed by atoms with Gasteiger partial charge in [-0.25, -0.2) is 13.8 Å². The monoisotopic (exact) mass is 277 g/mol. The van der Waals surface area contributed by atoms with Gasteiger partial charge in [0, 0.05) is 26.4 Å². The molecule has 1 aromatic heterocycles. The Morgan fingerprint density at radius 2 is 1.95 bits per heavy atom. The fourth-order valence-electron chi connectivity index (χ4n) is 1.57. The normalized spacial score (nSPS) is 10.2. The minimum atomic E-state index is -0.823. The first-order valence-electron chi connectivity index (χ1n) is 5.87. The molecule has 0 saturated heterocycles. The van der Waals surface area contributed by atoms with Crippen LogP contribution in [0.1, 0.15) is 10.4 Å². The molecular weight excluding hydrogens is 264 g/mol. The highest BCUT2D eigenvalue weighted by Crippen LogP contribution is 2.16. The number of anilines is 2. The lowest BCUT2D eigenvalue weighted by Gasteiger charge is -2.11. The predicted molar refractivity (Wildman–Crippen MR) is 72.9 cm³/mol. The molecule has 0 radical (unpaired) electrons. The van der Waals surface area contributed by atoms with E-state index in [1.807, 2.05) is 14.1 Å². The second-order valence-electron chi connectivity index (χ2n) is 4.38. The lowest BCUT2D eigenvalue weighted by Crippen LogP contribution is -2.15. The molecule has 1 amide bonds. The van der Waals surface area contributed by atoms with Crippen molar-refractivity contribution in [2.45, 2.75) is 0 Å². The number of nitrogens with zero attached hydrogens (tertiary/aromatic N) is 2. The van der Waals surface area contributed by atoms with Gasteiger partial charge in [0.15, 0.2) is 0 Å². The van der Waals surface area contributed by atoms with E-state index in [2.05, 4.69) is 10.3 Å². The van der Waals surface area contributed by atoms with Crippen molar-refractivity contribution in [2.75, 3.05) is 24.3 Å². The van der Waals surface area contributed by atoms with E-state index in [1.165, 1.54) is 12.3 Å². The third-order valence-corrected chi connectivity index (χ3v) is 2.65. The summed E-state index contributed by atoms with van der Waals surface area (Å²) in [6.45, 7) is 0. The Morgan fingerprint density at radius 3 is 2.50 bits per heavy atom. The lowest BCUT2D eigenvalue weighted by atomic mass is 10.2. The summed E-state index contributed by atoms with van der Waals surface area (Å²) in [6, 6.07) is 6.22. The largest absolute Gasteiger partial charge is 0.363 e. The summed E-state index contributed by atoms with van der Waals surface area (Å²) >= 11 is 0. The molecule has 0 bridgehead atoms. The van der Waals surface area contributed by atoms with Gasteiger partial charge in [0.25, 0.3) is 5.91 Å². The van der Waals surface area contributed by atoms with E-state index in [-0.39, 0.29) is 5.69 Å². The Morgan fingerprint density at radius 1 is 1.20 bits per heavy atom. The highest BCUT2D eigenvalue weighted by atomic mass is 19.1. The van der Waals surface area contributed by atoms with Crippen LogP contribution in [0.4, 0.5) is 20.3 Å². The molecule has 0 aliphatic rings. The van der Waals surface area contributed by atoms with Crippen LogP contribution in [0.5, 0.6) is 0 Å². The molecule has 20 heavy (non-hydrogen) atoms. The second-order valence-corrected chi connectivity index (χ2v) is 4.38. The summed E-state index contributed by atoms with van der Waals surface area (Å²) in [5.41, 5.74) is 0.215. The topological polar surface area (TPSA) is 45.2 Å². The van der Waals surface area contributed by atoms with Gasteiger partial charge >= 0.3 is 0 Å². The summed E-state index contributed by atoms with van der Waals surface area (Å²) in [4.78, 5) is 17.8. The van der Waals surface area contributed by atoms with Gasteiger partial charge in [-0.05, 0) is 24.3 Å². The van der Waals surface area contributed by atoms with Crippen molar-refractivity contribution in [1.82, 2.24) is 4.98 Å². The number of amides is 1. The van der Waals surface area contributed by atoms with Crippen LogP contribution in [0.25, 0.3) is 0 Å². The van der Waals surface area contributed by atoms with Crippen LogP contribution < -0.4 is 10.2 Å². The van der Waals surface area contributed by atoms with E-state index >= 15 is 0 Å². The van der Waals surface area contributed by atoms with Gasteiger partial charge in [-0.15, -0.1) is 0 Å². The van der Waals surface area contributed by atoms with Crippen LogP contribution in [-0.4, -0.2) is 25.0 Å². The van der Waals surface area contributed by atoms with Crippen molar-refractivity contribution in [1.29, 1.82) is 0 Å². The molecule has 2 aromatic rings. The van der Waals surface area contributed by atoms with Crippen molar-refractivity contribution >= 4 is 17.4 Å². The number of halogens is 2. The van der Waals surface area contributed by atoms with Crippen LogP contribution >= 0.6 is 0 Å². The maximum atomic E-state index is 13.4. The number of hydrogen-bond acceptors (Lipinski definition) is 3. The Bertz CT molecular complexity index is 627. The molecule has 0 atom stereocenters. The molecule has 0 spiro atoms. The van der Waals surface area contributed by atoms with Crippen LogP contribution in [-0.2, 0) is 0 Å². The number of rotatable bonds is 3. The number of benzene rings is 1. The van der Waals surface area contributed by atoms with Gasteiger partial charge in [-0.1, -0.05) is 0 Å². The van der Waals surface area contributed by atoms with Crippen molar-refractivity contribution in [3.05, 3.63) is 53.7 Å². The van der Waals surface area contributed by atoms with Crippen molar-refractivity contribution in [2.24, 2.45) is 0 Å². The number of aromatic nitrogens is 1. The van der Waals surface area contributed by atoms with E-state index in [0.717, 1.165) is 6.07 Å². The van der Waals surface area contributed by atoms with Crippen molar-refractivity contribution < 1.29 is 13.6 Å². The maximum absolute atomic E-state index is 13.4. The van der Waals surface area contributed by atoms with E-state index in [9.17, 15) is 13.6 Å². The smallest absolute Gasteiger partial charge is 0.257 e. The van der Waals surface area contributed by atoms with Gasteiger partial charge in [0.2, 0.25) is 0 Å². The zero-order valence-electron chi connectivity index (χ0n) is 11.0. The Hall–Kier alpha value is -2.50. The Kier molecular flexibility index (Phi) is 3.93. The first kappa shape index (κ1) is 13.9. The first-order valence-corrected chi connectivity index (χ1v) is 5.87. The van der Waals surface area contributed by atoms with Gasteiger partial charge in [0.05, 0.1) is 11.3 Å². The van der Waals surface area contributed by atoms with Crippen LogP contribution in [0, 0.1) is 11.6 Å². The quantitative estimate of drug-likeness (QED) is 0.938. The zero-order valence-corrected chi connectivity index (χ0v) is 11.0. The first-order chi connectivity index (χ1) is 9.47. The molecule has 0 unspecified atom stereocenters. The molecule has 104 valence electrons. The van der Waals surface area contributed by atoms with Gasteiger partial charge < -0.3 is 10.2 Å². The summed E-state index contributed by atoms with van der Waals surface area (Å²) in [7, 11) is 3.66. The highest BCUT2D eigenvalue weighted by Gasteiger charge is 2.10. The van der Waals surface area contributed by atoms with Crippen LogP contribution in [0.2, 0.25) is 0 Å². The number of carbonyl (C=O) groups is 1. The maximum Gasteiger partial charge on any atom is 0.257 e. The summed E-state index contributed by atoms with van der Waals surface area (Å²) in [6.07, 6.45) is 1.39. The van der Waals surface area contributed by atoms with Crippen LogP contribution in [0.15, 0.2) is 36.5 Å². The van der Waals surface area contributed by atoms with Gasteiger partial charge in [-0.3, -0.25) is 4.79 Å². The third kappa shape index (κ3) is 3.09. The standard InChI is InChI=1S/C14H13F2N3O/c1-19(2)13-6-3-9(8-17-13)14(20)18-12-5-4-10(15)7-11(12)16/h3-8H,1-2H3,(H,18,20). The molecular formula is C14H13F2N3O. The van der Waals surface area contributed by atoms with E-state index < -0.39 is 17.5 Å². The fourth-order valence-corrected chi connectivity index (χ4v) is 1.57. The molecule has 1 heterocycles. The Balaban J connectivity index is 2.15.